The average molecular weight is 314 g/mol. The van der Waals surface area contributed by atoms with Gasteiger partial charge >= 0.3 is 0 Å². The van der Waals surface area contributed by atoms with Crippen molar-refractivity contribution in [3.8, 4) is 0 Å². The van der Waals surface area contributed by atoms with Gasteiger partial charge in [-0.1, -0.05) is 20.3 Å². The molecule has 1 aromatic heterocycles. The lowest BCUT2D eigenvalue weighted by Gasteiger charge is -2.31. The van der Waals surface area contributed by atoms with Crippen LogP contribution in [0.15, 0.2) is 21.6 Å². The minimum Gasteiger partial charge on any atom is -0.447 e. The van der Waals surface area contributed by atoms with E-state index in [-0.39, 0.29) is 11.1 Å². The first-order chi connectivity index (χ1) is 9.91. The third kappa shape index (κ3) is 4.08. The molecule has 1 atom stereocenters. The van der Waals surface area contributed by atoms with Crippen LogP contribution in [0.3, 0.4) is 0 Å². The van der Waals surface area contributed by atoms with Gasteiger partial charge < -0.3 is 9.73 Å². The minimum absolute atomic E-state index is 0.0522. The zero-order valence-electron chi connectivity index (χ0n) is 13.1. The summed E-state index contributed by atoms with van der Waals surface area (Å²) in [5, 5.41) is 3.32. The maximum absolute atomic E-state index is 12.6. The highest BCUT2D eigenvalue weighted by Crippen LogP contribution is 2.26. The SMILES string of the molecule is CC(C)CNCc1ccc(S(=O)(=O)N2CCCCC2C)o1. The molecule has 1 unspecified atom stereocenters. The molecule has 0 aromatic carbocycles. The predicted octanol–water partition coefficient (Wildman–Crippen LogP) is 2.59. The zero-order valence-corrected chi connectivity index (χ0v) is 13.9. The number of nitrogens with zero attached hydrogens (tertiary/aromatic N) is 1. The summed E-state index contributed by atoms with van der Waals surface area (Å²) in [6, 6.07) is 3.37. The van der Waals surface area contributed by atoms with Crippen LogP contribution in [0, 0.1) is 5.92 Å². The number of furan rings is 1. The van der Waals surface area contributed by atoms with Crippen LogP contribution >= 0.6 is 0 Å². The Morgan fingerprint density at radius 2 is 2.14 bits per heavy atom. The molecule has 0 saturated carbocycles. The van der Waals surface area contributed by atoms with Gasteiger partial charge in [0.05, 0.1) is 6.54 Å². The number of rotatable bonds is 6. The first-order valence-electron chi connectivity index (χ1n) is 7.72. The number of sulfonamides is 1. The number of piperidine rings is 1. The zero-order chi connectivity index (χ0) is 15.5. The fraction of sp³-hybridized carbons (Fsp3) is 0.733. The quantitative estimate of drug-likeness (QED) is 0.876. The maximum atomic E-state index is 12.6. The van der Waals surface area contributed by atoms with E-state index < -0.39 is 10.0 Å². The molecule has 1 aromatic rings. The molecule has 6 heteroatoms. The Hall–Kier alpha value is -0.850. The summed E-state index contributed by atoms with van der Waals surface area (Å²) >= 11 is 0. The van der Waals surface area contributed by atoms with Gasteiger partial charge in [0.1, 0.15) is 5.76 Å². The summed E-state index contributed by atoms with van der Waals surface area (Å²) in [4.78, 5) is 0. The molecular weight excluding hydrogens is 288 g/mol. The first kappa shape index (κ1) is 16.5. The topological polar surface area (TPSA) is 62.6 Å². The summed E-state index contributed by atoms with van der Waals surface area (Å²) in [6.45, 7) is 8.25. The molecule has 2 heterocycles. The van der Waals surface area contributed by atoms with Crippen molar-refractivity contribution >= 4 is 10.0 Å². The Kier molecular flexibility index (Phi) is 5.46. The minimum atomic E-state index is -3.49. The second kappa shape index (κ2) is 6.94. The van der Waals surface area contributed by atoms with Crippen molar-refractivity contribution in [2.24, 2.45) is 5.92 Å². The van der Waals surface area contributed by atoms with Gasteiger partial charge in [-0.2, -0.15) is 4.31 Å². The highest BCUT2D eigenvalue weighted by molar-refractivity contribution is 7.89. The van der Waals surface area contributed by atoms with Gasteiger partial charge in [-0.15, -0.1) is 0 Å². The Morgan fingerprint density at radius 1 is 1.38 bits per heavy atom. The summed E-state index contributed by atoms with van der Waals surface area (Å²) in [5.41, 5.74) is 0. The van der Waals surface area contributed by atoms with E-state index in [9.17, 15) is 8.42 Å². The van der Waals surface area contributed by atoms with Crippen LogP contribution in [-0.2, 0) is 16.6 Å². The highest BCUT2D eigenvalue weighted by Gasteiger charge is 2.33. The fourth-order valence-corrected chi connectivity index (χ4v) is 4.25. The van der Waals surface area contributed by atoms with Crippen molar-refractivity contribution in [1.29, 1.82) is 0 Å². The molecule has 21 heavy (non-hydrogen) atoms. The number of hydrogen-bond donors (Lipinski definition) is 1. The highest BCUT2D eigenvalue weighted by atomic mass is 32.2. The van der Waals surface area contributed by atoms with Crippen LogP contribution in [0.5, 0.6) is 0 Å². The van der Waals surface area contributed by atoms with Crippen molar-refractivity contribution in [2.45, 2.75) is 57.7 Å². The second-order valence-electron chi connectivity index (χ2n) is 6.21. The molecular formula is C15H26N2O3S. The van der Waals surface area contributed by atoms with E-state index in [0.29, 0.717) is 24.8 Å². The van der Waals surface area contributed by atoms with Crippen molar-refractivity contribution in [3.63, 3.8) is 0 Å². The van der Waals surface area contributed by atoms with Gasteiger partial charge in [-0.3, -0.25) is 0 Å². The van der Waals surface area contributed by atoms with Crippen LogP contribution < -0.4 is 5.32 Å². The molecule has 1 fully saturated rings. The number of nitrogens with one attached hydrogen (secondary N) is 1. The Labute approximate surface area is 127 Å². The fourth-order valence-electron chi connectivity index (χ4n) is 2.62. The van der Waals surface area contributed by atoms with E-state index in [1.807, 2.05) is 6.92 Å². The molecule has 120 valence electrons. The van der Waals surface area contributed by atoms with E-state index in [4.69, 9.17) is 4.42 Å². The normalized spacial score (nSPS) is 21.0. The van der Waals surface area contributed by atoms with E-state index in [2.05, 4.69) is 19.2 Å². The molecule has 1 N–H and O–H groups in total. The molecule has 0 radical (unpaired) electrons. The van der Waals surface area contributed by atoms with E-state index in [1.165, 1.54) is 0 Å². The van der Waals surface area contributed by atoms with Crippen LogP contribution in [0.4, 0.5) is 0 Å². The Balaban J connectivity index is 2.05. The molecule has 2 rings (SSSR count). The van der Waals surface area contributed by atoms with Crippen molar-refractivity contribution < 1.29 is 12.8 Å². The summed E-state index contributed by atoms with van der Waals surface area (Å²) < 4.78 is 32.3. The smallest absolute Gasteiger partial charge is 0.276 e. The van der Waals surface area contributed by atoms with E-state index in [0.717, 1.165) is 25.8 Å². The summed E-state index contributed by atoms with van der Waals surface area (Å²) in [5.74, 6) is 1.22. The summed E-state index contributed by atoms with van der Waals surface area (Å²) in [6.07, 6.45) is 2.94. The molecule has 0 amide bonds. The van der Waals surface area contributed by atoms with Gasteiger partial charge in [0.2, 0.25) is 5.09 Å². The largest absolute Gasteiger partial charge is 0.447 e. The van der Waals surface area contributed by atoms with Crippen LogP contribution in [-0.4, -0.2) is 31.9 Å². The Bertz CT molecular complexity index is 551. The third-order valence-electron chi connectivity index (χ3n) is 3.79. The van der Waals surface area contributed by atoms with Gasteiger partial charge in [0.15, 0.2) is 0 Å². The Morgan fingerprint density at radius 3 is 2.81 bits per heavy atom. The molecule has 1 aliphatic heterocycles. The van der Waals surface area contributed by atoms with Gasteiger partial charge in [-0.25, -0.2) is 8.42 Å². The monoisotopic (exact) mass is 314 g/mol. The van der Waals surface area contributed by atoms with Crippen LogP contribution in [0.25, 0.3) is 0 Å². The standard InChI is InChI=1S/C15H26N2O3S/c1-12(2)10-16-11-14-7-8-15(20-14)21(18,19)17-9-5-4-6-13(17)3/h7-8,12-13,16H,4-6,9-11H2,1-3H3. The molecule has 5 nitrogen and oxygen atoms in total. The lowest BCUT2D eigenvalue weighted by molar-refractivity contribution is 0.260. The van der Waals surface area contributed by atoms with Crippen molar-refractivity contribution in [1.82, 2.24) is 9.62 Å². The van der Waals surface area contributed by atoms with E-state index >= 15 is 0 Å². The third-order valence-corrected chi connectivity index (χ3v) is 5.68. The summed E-state index contributed by atoms with van der Waals surface area (Å²) in [7, 11) is -3.49. The first-order valence-corrected chi connectivity index (χ1v) is 9.16. The number of hydrogen-bond acceptors (Lipinski definition) is 4. The molecule has 0 spiro atoms. The maximum Gasteiger partial charge on any atom is 0.276 e. The van der Waals surface area contributed by atoms with Crippen LogP contribution in [0.2, 0.25) is 0 Å². The molecule has 0 bridgehead atoms. The molecule has 1 aliphatic rings. The second-order valence-corrected chi connectivity index (χ2v) is 8.03. The lowest BCUT2D eigenvalue weighted by Crippen LogP contribution is -2.41. The van der Waals surface area contributed by atoms with Crippen molar-refractivity contribution in [2.75, 3.05) is 13.1 Å². The lowest BCUT2D eigenvalue weighted by atomic mass is 10.1. The van der Waals surface area contributed by atoms with Crippen molar-refractivity contribution in [3.05, 3.63) is 17.9 Å². The molecule has 0 aliphatic carbocycles. The van der Waals surface area contributed by atoms with E-state index in [1.54, 1.807) is 16.4 Å². The predicted molar refractivity (Wildman–Crippen MR) is 82.5 cm³/mol. The van der Waals surface area contributed by atoms with Gasteiger partial charge in [-0.05, 0) is 44.4 Å². The molecule has 1 saturated heterocycles. The van der Waals surface area contributed by atoms with Crippen LogP contribution in [0.1, 0.15) is 45.8 Å². The van der Waals surface area contributed by atoms with Gasteiger partial charge in [0, 0.05) is 12.6 Å². The average Bonchev–Trinajstić information content (AvgIpc) is 2.88. The van der Waals surface area contributed by atoms with Gasteiger partial charge in [0.25, 0.3) is 10.0 Å².